The number of rotatable bonds is 8. The zero-order valence-corrected chi connectivity index (χ0v) is 16.5. The Kier molecular flexibility index (Phi) is 6.79. The lowest BCUT2D eigenvalue weighted by Crippen LogP contribution is -2.34. The highest BCUT2D eigenvalue weighted by Gasteiger charge is 2.14. The van der Waals surface area contributed by atoms with E-state index in [9.17, 15) is 9.59 Å². The van der Waals surface area contributed by atoms with Gasteiger partial charge in [0, 0.05) is 10.7 Å². The number of nitrogens with zero attached hydrogens (tertiary/aromatic N) is 2. The summed E-state index contributed by atoms with van der Waals surface area (Å²) in [7, 11) is 0. The molecule has 0 saturated carbocycles. The molecule has 3 aromatic rings. The van der Waals surface area contributed by atoms with E-state index in [0.29, 0.717) is 34.0 Å². The predicted molar refractivity (Wildman–Crippen MR) is 113 cm³/mol. The number of carbonyl (C=O) groups excluding carboxylic acids is 1. The molecule has 1 heterocycles. The zero-order chi connectivity index (χ0) is 19.9. The van der Waals surface area contributed by atoms with Crippen molar-refractivity contribution in [2.45, 2.75) is 26.3 Å². The minimum atomic E-state index is -0.167. The Bertz CT molecular complexity index is 1020. The van der Waals surface area contributed by atoms with Crippen LogP contribution in [0.4, 0.5) is 5.69 Å². The zero-order valence-electron chi connectivity index (χ0n) is 15.7. The Morgan fingerprint density at radius 1 is 1.21 bits per heavy atom. The number of para-hydroxylation sites is 1. The van der Waals surface area contributed by atoms with Gasteiger partial charge in [-0.1, -0.05) is 43.1 Å². The van der Waals surface area contributed by atoms with E-state index in [2.05, 4.69) is 22.2 Å². The van der Waals surface area contributed by atoms with Crippen LogP contribution in [0.5, 0.6) is 0 Å². The second-order valence-electron chi connectivity index (χ2n) is 6.65. The third-order valence-electron chi connectivity index (χ3n) is 4.34. The highest BCUT2D eigenvalue weighted by molar-refractivity contribution is 6.30. The van der Waals surface area contributed by atoms with Crippen molar-refractivity contribution < 1.29 is 4.79 Å². The van der Waals surface area contributed by atoms with Gasteiger partial charge in [-0.25, -0.2) is 4.98 Å². The van der Waals surface area contributed by atoms with Gasteiger partial charge in [0.05, 0.1) is 24.0 Å². The maximum absolute atomic E-state index is 12.5. The minimum Gasteiger partial charge on any atom is -0.325 e. The number of halogens is 1. The molecule has 0 aliphatic rings. The highest BCUT2D eigenvalue weighted by Crippen LogP contribution is 2.15. The van der Waals surface area contributed by atoms with Crippen LogP contribution in [0.1, 0.15) is 25.6 Å². The van der Waals surface area contributed by atoms with E-state index in [1.165, 1.54) is 0 Å². The number of nitrogens with one attached hydrogen (secondary N) is 2. The number of carbonyl (C=O) groups is 1. The molecule has 0 fully saturated rings. The van der Waals surface area contributed by atoms with Gasteiger partial charge < -0.3 is 10.3 Å². The average molecular weight is 399 g/mol. The Balaban J connectivity index is 1.73. The molecule has 2 N–H and O–H groups in total. The number of hydrogen-bond donors (Lipinski definition) is 2. The van der Waals surface area contributed by atoms with E-state index in [0.717, 1.165) is 19.4 Å². The van der Waals surface area contributed by atoms with Gasteiger partial charge in [0.15, 0.2) is 0 Å². The number of aromatic amines is 1. The number of H-pyrrole nitrogens is 1. The number of amides is 1. The van der Waals surface area contributed by atoms with E-state index >= 15 is 0 Å². The summed E-state index contributed by atoms with van der Waals surface area (Å²) in [5.74, 6) is 0.414. The van der Waals surface area contributed by atoms with Crippen molar-refractivity contribution in [3.63, 3.8) is 0 Å². The van der Waals surface area contributed by atoms with Gasteiger partial charge in [-0.2, -0.15) is 0 Å². The molecule has 28 heavy (non-hydrogen) atoms. The quantitative estimate of drug-likeness (QED) is 0.604. The molecule has 6 nitrogen and oxygen atoms in total. The Hall–Kier alpha value is -2.70. The lowest BCUT2D eigenvalue weighted by molar-refractivity contribution is -0.117. The van der Waals surface area contributed by atoms with E-state index in [1.54, 1.807) is 30.3 Å². The van der Waals surface area contributed by atoms with Crippen LogP contribution in [0, 0.1) is 0 Å². The van der Waals surface area contributed by atoms with E-state index < -0.39 is 0 Å². The number of hydrogen-bond acceptors (Lipinski definition) is 4. The van der Waals surface area contributed by atoms with Crippen LogP contribution in [0.2, 0.25) is 5.02 Å². The molecule has 0 unspecified atom stereocenters. The van der Waals surface area contributed by atoms with Gasteiger partial charge in [0.1, 0.15) is 5.82 Å². The van der Waals surface area contributed by atoms with Crippen molar-refractivity contribution in [2.75, 3.05) is 18.4 Å². The van der Waals surface area contributed by atoms with Crippen molar-refractivity contribution in [2.24, 2.45) is 0 Å². The van der Waals surface area contributed by atoms with Crippen LogP contribution < -0.4 is 10.9 Å². The molecule has 0 bridgehead atoms. The first kappa shape index (κ1) is 20.0. The number of unbranched alkanes of at least 4 members (excludes halogenated alkanes) is 1. The monoisotopic (exact) mass is 398 g/mol. The molecule has 0 radical (unpaired) electrons. The minimum absolute atomic E-state index is 0.137. The predicted octanol–water partition coefficient (Wildman–Crippen LogP) is 3.82. The van der Waals surface area contributed by atoms with Crippen molar-refractivity contribution >= 4 is 34.1 Å². The fraction of sp³-hybridized carbons (Fsp3) is 0.286. The average Bonchev–Trinajstić information content (AvgIpc) is 2.66. The maximum Gasteiger partial charge on any atom is 0.258 e. The number of benzene rings is 2. The molecule has 0 aliphatic carbocycles. The van der Waals surface area contributed by atoms with Crippen molar-refractivity contribution in [3.05, 3.63) is 69.7 Å². The van der Waals surface area contributed by atoms with Crippen LogP contribution in [-0.2, 0) is 11.3 Å². The second-order valence-corrected chi connectivity index (χ2v) is 7.09. The third-order valence-corrected chi connectivity index (χ3v) is 4.57. The molecular formula is C21H23ClN4O2. The van der Waals surface area contributed by atoms with Crippen molar-refractivity contribution in [1.82, 2.24) is 14.9 Å². The summed E-state index contributed by atoms with van der Waals surface area (Å²) in [6, 6.07) is 14.3. The van der Waals surface area contributed by atoms with Gasteiger partial charge in [0.2, 0.25) is 5.91 Å². The summed E-state index contributed by atoms with van der Waals surface area (Å²) < 4.78 is 0. The summed E-state index contributed by atoms with van der Waals surface area (Å²) in [6.07, 6.45) is 1.95. The third kappa shape index (κ3) is 5.41. The summed E-state index contributed by atoms with van der Waals surface area (Å²) >= 11 is 5.97. The molecule has 7 heteroatoms. The first-order valence-corrected chi connectivity index (χ1v) is 9.68. The van der Waals surface area contributed by atoms with Crippen molar-refractivity contribution in [1.29, 1.82) is 0 Å². The SMILES string of the molecule is CCCCN(CC(=O)Nc1cccc(Cl)c1)Cc1nc2ccccc2c(=O)[nH]1. The molecule has 1 amide bonds. The fourth-order valence-electron chi connectivity index (χ4n) is 2.99. The molecule has 0 saturated heterocycles. The van der Waals surface area contributed by atoms with Crippen LogP contribution in [0.15, 0.2) is 53.3 Å². The van der Waals surface area contributed by atoms with Crippen LogP contribution in [-0.4, -0.2) is 33.9 Å². The first-order valence-electron chi connectivity index (χ1n) is 9.31. The lowest BCUT2D eigenvalue weighted by Gasteiger charge is -2.21. The van der Waals surface area contributed by atoms with Gasteiger partial charge in [-0.05, 0) is 43.3 Å². The smallest absolute Gasteiger partial charge is 0.258 e. The van der Waals surface area contributed by atoms with E-state index in [4.69, 9.17) is 11.6 Å². The molecule has 0 aliphatic heterocycles. The Morgan fingerprint density at radius 3 is 2.82 bits per heavy atom. The molecule has 0 atom stereocenters. The Labute approximate surface area is 168 Å². The van der Waals surface area contributed by atoms with Gasteiger partial charge in [-0.15, -0.1) is 0 Å². The lowest BCUT2D eigenvalue weighted by atomic mass is 10.2. The largest absolute Gasteiger partial charge is 0.325 e. The maximum atomic E-state index is 12.5. The number of fused-ring (bicyclic) bond motifs is 1. The van der Waals surface area contributed by atoms with E-state index in [1.807, 2.05) is 23.1 Å². The van der Waals surface area contributed by atoms with Gasteiger partial charge in [0.25, 0.3) is 5.56 Å². The summed E-state index contributed by atoms with van der Waals surface area (Å²) in [6.45, 7) is 3.42. The van der Waals surface area contributed by atoms with Crippen LogP contribution in [0.3, 0.4) is 0 Å². The fourth-order valence-corrected chi connectivity index (χ4v) is 3.18. The molecule has 3 rings (SSSR count). The van der Waals surface area contributed by atoms with Crippen molar-refractivity contribution in [3.8, 4) is 0 Å². The summed E-state index contributed by atoms with van der Waals surface area (Å²) in [5.41, 5.74) is 1.14. The first-order chi connectivity index (χ1) is 13.5. The van der Waals surface area contributed by atoms with Gasteiger partial charge in [-0.3, -0.25) is 14.5 Å². The number of aromatic nitrogens is 2. The number of anilines is 1. The normalized spacial score (nSPS) is 11.1. The summed E-state index contributed by atoms with van der Waals surface area (Å²) in [5, 5.41) is 3.99. The topological polar surface area (TPSA) is 78.1 Å². The van der Waals surface area contributed by atoms with Gasteiger partial charge >= 0.3 is 0 Å². The molecule has 146 valence electrons. The molecule has 0 spiro atoms. The van der Waals surface area contributed by atoms with E-state index in [-0.39, 0.29) is 18.0 Å². The Morgan fingerprint density at radius 2 is 2.04 bits per heavy atom. The standard InChI is InChI=1S/C21H23ClN4O2/c1-2-3-11-26(14-20(27)23-16-8-6-7-15(22)12-16)13-19-24-18-10-5-4-9-17(18)21(28)25-19/h4-10,12H,2-3,11,13-14H2,1H3,(H,23,27)(H,24,25,28). The second kappa shape index (κ2) is 9.48. The highest BCUT2D eigenvalue weighted by atomic mass is 35.5. The molecule has 1 aromatic heterocycles. The molecule has 2 aromatic carbocycles. The molecular weight excluding hydrogens is 376 g/mol. The summed E-state index contributed by atoms with van der Waals surface area (Å²) in [4.78, 5) is 34.1. The van der Waals surface area contributed by atoms with Crippen LogP contribution in [0.25, 0.3) is 10.9 Å². The van der Waals surface area contributed by atoms with Crippen LogP contribution >= 0.6 is 11.6 Å².